The fourth-order valence-corrected chi connectivity index (χ4v) is 2.32. The molecule has 5 nitrogen and oxygen atoms in total. The first-order valence-electron chi connectivity index (χ1n) is 6.52. The van der Waals surface area contributed by atoms with Crippen molar-refractivity contribution >= 4 is 5.69 Å². The number of hydrogen-bond donors (Lipinski definition) is 1. The van der Waals surface area contributed by atoms with Crippen molar-refractivity contribution < 1.29 is 9.31 Å². The number of halogens is 1. The van der Waals surface area contributed by atoms with E-state index in [1.54, 1.807) is 0 Å². The van der Waals surface area contributed by atoms with Crippen molar-refractivity contribution in [2.45, 2.75) is 19.4 Å². The lowest BCUT2D eigenvalue weighted by Crippen LogP contribution is -2.29. The van der Waals surface area contributed by atoms with Crippen molar-refractivity contribution in [1.29, 1.82) is 0 Å². The molecule has 0 bridgehead atoms. The molecule has 2 rings (SSSR count). The van der Waals surface area contributed by atoms with Crippen LogP contribution in [-0.4, -0.2) is 36.0 Å². The predicted octanol–water partition coefficient (Wildman–Crippen LogP) is 1.92. The van der Waals surface area contributed by atoms with Gasteiger partial charge < -0.3 is 10.2 Å². The van der Waals surface area contributed by atoms with E-state index in [1.807, 2.05) is 0 Å². The van der Waals surface area contributed by atoms with Crippen LogP contribution in [-0.2, 0) is 6.54 Å². The molecular weight excluding hydrogens is 249 g/mol. The third kappa shape index (κ3) is 4.25. The van der Waals surface area contributed by atoms with Crippen LogP contribution >= 0.6 is 0 Å². The predicted molar refractivity (Wildman–Crippen MR) is 70.4 cm³/mol. The second kappa shape index (κ2) is 6.58. The number of nitro groups is 1. The molecule has 0 aromatic heterocycles. The van der Waals surface area contributed by atoms with Gasteiger partial charge in [0.1, 0.15) is 5.82 Å². The third-order valence-electron chi connectivity index (χ3n) is 3.29. The minimum Gasteiger partial charge on any atom is -0.311 e. The molecule has 0 aliphatic carbocycles. The standard InChI is InChI=1S/C13H18FN3O2/c14-12-7-11(8-13(9-12)17(18)19)10-15-3-6-16-4-1-2-5-16/h7-9,15H,1-6,10H2. The summed E-state index contributed by atoms with van der Waals surface area (Å²) >= 11 is 0. The van der Waals surface area contributed by atoms with Crippen molar-refractivity contribution in [1.82, 2.24) is 10.2 Å². The summed E-state index contributed by atoms with van der Waals surface area (Å²) in [6.07, 6.45) is 2.52. The molecule has 1 N–H and O–H groups in total. The van der Waals surface area contributed by atoms with Gasteiger partial charge in [0.15, 0.2) is 0 Å². The van der Waals surface area contributed by atoms with E-state index in [4.69, 9.17) is 0 Å². The summed E-state index contributed by atoms with van der Waals surface area (Å²) in [5.41, 5.74) is 0.407. The Balaban J connectivity index is 1.80. The van der Waals surface area contributed by atoms with Gasteiger partial charge in [-0.2, -0.15) is 0 Å². The summed E-state index contributed by atoms with van der Waals surface area (Å²) < 4.78 is 13.2. The van der Waals surface area contributed by atoms with Crippen molar-refractivity contribution in [3.05, 3.63) is 39.7 Å². The molecular formula is C13H18FN3O2. The molecule has 1 aromatic rings. The summed E-state index contributed by atoms with van der Waals surface area (Å²) in [4.78, 5) is 12.4. The number of nitrogens with zero attached hydrogens (tertiary/aromatic N) is 2. The molecule has 1 aliphatic rings. The Bertz CT molecular complexity index is 448. The van der Waals surface area contributed by atoms with Crippen LogP contribution in [0.5, 0.6) is 0 Å². The van der Waals surface area contributed by atoms with E-state index in [-0.39, 0.29) is 5.69 Å². The number of likely N-dealkylation sites (tertiary alicyclic amines) is 1. The Labute approximate surface area is 111 Å². The van der Waals surface area contributed by atoms with Crippen molar-refractivity contribution in [3.63, 3.8) is 0 Å². The van der Waals surface area contributed by atoms with E-state index in [0.29, 0.717) is 12.1 Å². The number of rotatable bonds is 6. The highest BCUT2D eigenvalue weighted by Crippen LogP contribution is 2.16. The van der Waals surface area contributed by atoms with Crippen molar-refractivity contribution in [2.75, 3.05) is 26.2 Å². The highest BCUT2D eigenvalue weighted by atomic mass is 19.1. The van der Waals surface area contributed by atoms with Gasteiger partial charge in [0, 0.05) is 25.7 Å². The van der Waals surface area contributed by atoms with Crippen LogP contribution in [0, 0.1) is 15.9 Å². The molecule has 0 unspecified atom stereocenters. The fourth-order valence-electron chi connectivity index (χ4n) is 2.32. The van der Waals surface area contributed by atoms with Crippen LogP contribution in [0.25, 0.3) is 0 Å². The Kier molecular flexibility index (Phi) is 4.81. The number of non-ortho nitro benzene ring substituents is 1. The van der Waals surface area contributed by atoms with Gasteiger partial charge in [0.05, 0.1) is 11.0 Å². The second-order valence-electron chi connectivity index (χ2n) is 4.80. The summed E-state index contributed by atoms with van der Waals surface area (Å²) in [6.45, 7) is 4.52. The summed E-state index contributed by atoms with van der Waals surface area (Å²) in [6, 6.07) is 3.68. The molecule has 1 aromatic carbocycles. The van der Waals surface area contributed by atoms with Crippen LogP contribution in [0.15, 0.2) is 18.2 Å². The van der Waals surface area contributed by atoms with Gasteiger partial charge in [-0.15, -0.1) is 0 Å². The summed E-state index contributed by atoms with van der Waals surface area (Å²) in [7, 11) is 0. The van der Waals surface area contributed by atoms with E-state index >= 15 is 0 Å². The van der Waals surface area contributed by atoms with Gasteiger partial charge in [0.2, 0.25) is 0 Å². The van der Waals surface area contributed by atoms with Crippen LogP contribution < -0.4 is 5.32 Å². The molecule has 0 radical (unpaired) electrons. The minimum atomic E-state index is -0.573. The van der Waals surface area contributed by atoms with Crippen LogP contribution in [0.2, 0.25) is 0 Å². The monoisotopic (exact) mass is 267 g/mol. The number of hydrogen-bond acceptors (Lipinski definition) is 4. The topological polar surface area (TPSA) is 58.4 Å². The highest BCUT2D eigenvalue weighted by Gasteiger charge is 2.11. The van der Waals surface area contributed by atoms with E-state index in [9.17, 15) is 14.5 Å². The van der Waals surface area contributed by atoms with Gasteiger partial charge >= 0.3 is 0 Å². The molecule has 0 atom stereocenters. The first kappa shape index (κ1) is 13.9. The molecule has 1 fully saturated rings. The summed E-state index contributed by atoms with van der Waals surface area (Å²) in [5.74, 6) is -0.564. The molecule has 0 spiro atoms. The van der Waals surface area contributed by atoms with E-state index < -0.39 is 10.7 Å². The quantitative estimate of drug-likeness (QED) is 0.486. The largest absolute Gasteiger partial charge is 0.311 e. The summed E-state index contributed by atoms with van der Waals surface area (Å²) in [5, 5.41) is 13.8. The molecule has 1 aliphatic heterocycles. The van der Waals surface area contributed by atoms with E-state index in [1.165, 1.54) is 25.0 Å². The zero-order valence-corrected chi connectivity index (χ0v) is 10.8. The number of nitro benzene ring substituents is 1. The van der Waals surface area contributed by atoms with E-state index in [0.717, 1.165) is 32.2 Å². The Morgan fingerprint density at radius 1 is 1.32 bits per heavy atom. The highest BCUT2D eigenvalue weighted by molar-refractivity contribution is 5.35. The minimum absolute atomic E-state index is 0.198. The van der Waals surface area contributed by atoms with Crippen molar-refractivity contribution in [2.24, 2.45) is 0 Å². The van der Waals surface area contributed by atoms with Gasteiger partial charge in [-0.3, -0.25) is 10.1 Å². The maximum atomic E-state index is 13.2. The average Bonchev–Trinajstić information content (AvgIpc) is 2.87. The average molecular weight is 267 g/mol. The lowest BCUT2D eigenvalue weighted by molar-refractivity contribution is -0.385. The molecule has 0 saturated carbocycles. The Morgan fingerprint density at radius 2 is 2.05 bits per heavy atom. The van der Waals surface area contributed by atoms with Crippen LogP contribution in [0.4, 0.5) is 10.1 Å². The second-order valence-corrected chi connectivity index (χ2v) is 4.80. The van der Waals surface area contributed by atoms with Crippen LogP contribution in [0.3, 0.4) is 0 Å². The molecule has 19 heavy (non-hydrogen) atoms. The number of nitrogens with one attached hydrogen (secondary N) is 1. The maximum Gasteiger partial charge on any atom is 0.272 e. The lowest BCUT2D eigenvalue weighted by atomic mass is 10.2. The van der Waals surface area contributed by atoms with Gasteiger partial charge in [0.25, 0.3) is 5.69 Å². The first-order valence-corrected chi connectivity index (χ1v) is 6.52. The zero-order valence-electron chi connectivity index (χ0n) is 10.8. The Morgan fingerprint density at radius 3 is 2.74 bits per heavy atom. The SMILES string of the molecule is O=[N+]([O-])c1cc(F)cc(CNCCN2CCCC2)c1. The van der Waals surface area contributed by atoms with Crippen LogP contribution in [0.1, 0.15) is 18.4 Å². The third-order valence-corrected chi connectivity index (χ3v) is 3.29. The Hall–Kier alpha value is -1.53. The van der Waals surface area contributed by atoms with Gasteiger partial charge in [-0.1, -0.05) is 0 Å². The van der Waals surface area contributed by atoms with E-state index in [2.05, 4.69) is 10.2 Å². The fraction of sp³-hybridized carbons (Fsp3) is 0.538. The molecule has 1 saturated heterocycles. The molecule has 1 heterocycles. The lowest BCUT2D eigenvalue weighted by Gasteiger charge is -2.14. The van der Waals surface area contributed by atoms with Gasteiger partial charge in [-0.05, 0) is 37.6 Å². The van der Waals surface area contributed by atoms with Crippen molar-refractivity contribution in [3.8, 4) is 0 Å². The first-order chi connectivity index (χ1) is 9.15. The molecule has 0 amide bonds. The smallest absolute Gasteiger partial charge is 0.272 e. The zero-order chi connectivity index (χ0) is 13.7. The molecule has 104 valence electrons. The van der Waals surface area contributed by atoms with Gasteiger partial charge in [-0.25, -0.2) is 4.39 Å². The number of benzene rings is 1. The maximum absolute atomic E-state index is 13.2. The molecule has 6 heteroatoms. The normalized spacial score (nSPS) is 15.8.